The van der Waals surface area contributed by atoms with Gasteiger partial charge in [-0.25, -0.2) is 0 Å². The molecule has 1 aliphatic rings. The Hall–Kier alpha value is -3.49. The molecule has 3 aromatic rings. The van der Waals surface area contributed by atoms with Gasteiger partial charge in [0.05, 0.1) is 7.11 Å². The van der Waals surface area contributed by atoms with Crippen molar-refractivity contribution in [2.75, 3.05) is 20.2 Å². The molecule has 0 atom stereocenters. The van der Waals surface area contributed by atoms with Crippen molar-refractivity contribution in [1.82, 2.24) is 19.5 Å². The first-order valence-electron chi connectivity index (χ1n) is 10.7. The molecule has 9 heteroatoms. The predicted octanol–water partition coefficient (Wildman–Crippen LogP) is 2.61. The van der Waals surface area contributed by atoms with Gasteiger partial charge in [-0.1, -0.05) is 0 Å². The molecular formula is C23H25FN4O4. The molecule has 1 saturated heterocycles. The quantitative estimate of drug-likeness (QED) is 0.570. The number of carbonyl (C=O) groups is 2. The summed E-state index contributed by atoms with van der Waals surface area (Å²) in [5.74, 6) is 0.465. The van der Waals surface area contributed by atoms with Crippen molar-refractivity contribution in [1.29, 1.82) is 0 Å². The van der Waals surface area contributed by atoms with Crippen LogP contribution in [0.25, 0.3) is 5.52 Å². The fourth-order valence-electron chi connectivity index (χ4n) is 4.08. The van der Waals surface area contributed by atoms with Crippen LogP contribution in [0.2, 0.25) is 0 Å². The number of hydrogen-bond acceptors (Lipinski definition) is 5. The van der Waals surface area contributed by atoms with Gasteiger partial charge in [-0.3, -0.25) is 14.4 Å². The molecule has 1 fully saturated rings. The lowest BCUT2D eigenvalue weighted by molar-refractivity contribution is -0.132. The van der Waals surface area contributed by atoms with Crippen LogP contribution < -0.4 is 10.3 Å². The van der Waals surface area contributed by atoms with Gasteiger partial charge in [0.25, 0.3) is 5.56 Å². The van der Waals surface area contributed by atoms with Crippen molar-refractivity contribution in [3.05, 3.63) is 64.1 Å². The Balaban J connectivity index is 1.26. The molecule has 0 bridgehead atoms. The first-order chi connectivity index (χ1) is 15.5. The van der Waals surface area contributed by atoms with Gasteiger partial charge in [-0.2, -0.15) is 14.0 Å². The standard InChI is InChI=1S/C23H25FN4O4/c1-32-17-7-5-15(6-8-17)22(30)16-11-13-27(14-12-16)21(29)4-2-3-20-25-23(31)18-9-10-19(24)28(18)26-20/h5-10,16H,2-4,11-14H2,1H3,(H,25,26,31). The van der Waals surface area contributed by atoms with Crippen LogP contribution in [0.1, 0.15) is 41.9 Å². The number of Topliss-reactive ketones (excluding diaryl/α,β-unsaturated/α-hetero) is 1. The van der Waals surface area contributed by atoms with E-state index in [0.29, 0.717) is 62.3 Å². The fourth-order valence-corrected chi connectivity index (χ4v) is 4.08. The minimum absolute atomic E-state index is 0.0101. The second kappa shape index (κ2) is 9.33. The van der Waals surface area contributed by atoms with Crippen molar-refractivity contribution >= 4 is 17.2 Å². The highest BCUT2D eigenvalue weighted by molar-refractivity contribution is 5.98. The second-order valence-corrected chi connectivity index (χ2v) is 7.96. The maximum atomic E-state index is 13.7. The van der Waals surface area contributed by atoms with E-state index in [2.05, 4.69) is 10.1 Å². The van der Waals surface area contributed by atoms with Gasteiger partial charge < -0.3 is 14.6 Å². The van der Waals surface area contributed by atoms with Crippen LogP contribution >= 0.6 is 0 Å². The highest BCUT2D eigenvalue weighted by atomic mass is 19.1. The van der Waals surface area contributed by atoms with E-state index in [-0.39, 0.29) is 23.1 Å². The number of hydrogen-bond donors (Lipinski definition) is 1. The zero-order valence-corrected chi connectivity index (χ0v) is 17.8. The molecule has 32 heavy (non-hydrogen) atoms. The van der Waals surface area contributed by atoms with E-state index in [1.54, 1.807) is 36.3 Å². The first kappa shape index (κ1) is 21.7. The van der Waals surface area contributed by atoms with Crippen molar-refractivity contribution in [3.63, 3.8) is 0 Å². The summed E-state index contributed by atoms with van der Waals surface area (Å²) in [6.07, 6.45) is 2.42. The molecule has 2 aromatic heterocycles. The maximum absolute atomic E-state index is 13.7. The number of ketones is 1. The zero-order chi connectivity index (χ0) is 22.7. The number of benzene rings is 1. The number of rotatable bonds is 7. The topological polar surface area (TPSA) is 96.8 Å². The average Bonchev–Trinajstić information content (AvgIpc) is 3.20. The molecule has 8 nitrogen and oxygen atoms in total. The number of aromatic nitrogens is 3. The molecule has 1 N–H and O–H groups in total. The number of aromatic amines is 1. The number of methoxy groups -OCH3 is 1. The number of carbonyl (C=O) groups excluding carboxylic acids is 2. The van der Waals surface area contributed by atoms with Gasteiger partial charge in [0, 0.05) is 37.4 Å². The molecule has 4 rings (SSSR count). The maximum Gasteiger partial charge on any atom is 0.275 e. The number of nitrogens with one attached hydrogen (secondary N) is 1. The average molecular weight is 440 g/mol. The Morgan fingerprint density at radius 2 is 1.88 bits per heavy atom. The molecular weight excluding hydrogens is 415 g/mol. The van der Waals surface area contributed by atoms with E-state index in [1.807, 2.05) is 0 Å². The summed E-state index contributed by atoms with van der Waals surface area (Å²) in [4.78, 5) is 41.7. The monoisotopic (exact) mass is 440 g/mol. The number of piperidine rings is 1. The van der Waals surface area contributed by atoms with E-state index in [0.717, 1.165) is 4.52 Å². The Labute approximate surface area is 184 Å². The largest absolute Gasteiger partial charge is 0.497 e. The number of ether oxygens (including phenoxy) is 1. The number of likely N-dealkylation sites (tertiary alicyclic amines) is 1. The van der Waals surface area contributed by atoms with Gasteiger partial charge >= 0.3 is 0 Å². The summed E-state index contributed by atoms with van der Waals surface area (Å²) >= 11 is 0. The van der Waals surface area contributed by atoms with Crippen molar-refractivity contribution in [2.45, 2.75) is 32.1 Å². The van der Waals surface area contributed by atoms with Crippen LogP contribution in [0, 0.1) is 11.9 Å². The number of halogens is 1. The number of aryl methyl sites for hydroxylation is 1. The molecule has 1 aromatic carbocycles. The third-order valence-electron chi connectivity index (χ3n) is 5.92. The van der Waals surface area contributed by atoms with Crippen LogP contribution in [-0.2, 0) is 11.2 Å². The van der Waals surface area contributed by atoms with Crippen LogP contribution in [0.3, 0.4) is 0 Å². The van der Waals surface area contributed by atoms with Crippen LogP contribution in [0.4, 0.5) is 4.39 Å². The predicted molar refractivity (Wildman–Crippen MR) is 115 cm³/mol. The summed E-state index contributed by atoms with van der Waals surface area (Å²) in [6.45, 7) is 1.09. The smallest absolute Gasteiger partial charge is 0.275 e. The van der Waals surface area contributed by atoms with Crippen LogP contribution in [0.5, 0.6) is 5.75 Å². The molecule has 1 amide bonds. The van der Waals surface area contributed by atoms with Crippen LogP contribution in [0.15, 0.2) is 41.2 Å². The Kier molecular flexibility index (Phi) is 6.34. The Morgan fingerprint density at radius 1 is 1.16 bits per heavy atom. The molecule has 0 aliphatic carbocycles. The van der Waals surface area contributed by atoms with E-state index in [4.69, 9.17) is 4.74 Å². The van der Waals surface area contributed by atoms with E-state index >= 15 is 0 Å². The van der Waals surface area contributed by atoms with Gasteiger partial charge in [0.1, 0.15) is 17.1 Å². The summed E-state index contributed by atoms with van der Waals surface area (Å²) in [5, 5.41) is 4.09. The highest BCUT2D eigenvalue weighted by Gasteiger charge is 2.27. The summed E-state index contributed by atoms with van der Waals surface area (Å²) in [5.41, 5.74) is 0.399. The van der Waals surface area contributed by atoms with Crippen molar-refractivity contribution in [3.8, 4) is 5.75 Å². The lowest BCUT2D eigenvalue weighted by Gasteiger charge is -2.31. The van der Waals surface area contributed by atoms with Crippen LogP contribution in [-0.4, -0.2) is 51.4 Å². The Bertz CT molecular complexity index is 1180. The molecule has 0 radical (unpaired) electrons. The van der Waals surface area contributed by atoms with Gasteiger partial charge in [-0.05, 0) is 55.7 Å². The molecule has 0 unspecified atom stereocenters. The second-order valence-electron chi connectivity index (χ2n) is 7.96. The molecule has 3 heterocycles. The molecule has 0 saturated carbocycles. The highest BCUT2D eigenvalue weighted by Crippen LogP contribution is 2.23. The fraction of sp³-hybridized carbons (Fsp3) is 0.391. The number of nitrogens with zero attached hydrogens (tertiary/aromatic N) is 3. The summed E-state index contributed by atoms with van der Waals surface area (Å²) in [6, 6.07) is 9.65. The summed E-state index contributed by atoms with van der Waals surface area (Å²) in [7, 11) is 1.58. The number of amides is 1. The summed E-state index contributed by atoms with van der Waals surface area (Å²) < 4.78 is 19.8. The zero-order valence-electron chi connectivity index (χ0n) is 17.8. The first-order valence-corrected chi connectivity index (χ1v) is 10.7. The molecule has 0 spiro atoms. The van der Waals surface area contributed by atoms with E-state index in [1.165, 1.54) is 12.1 Å². The van der Waals surface area contributed by atoms with E-state index in [9.17, 15) is 18.8 Å². The van der Waals surface area contributed by atoms with Gasteiger partial charge in [0.2, 0.25) is 11.9 Å². The van der Waals surface area contributed by atoms with Gasteiger partial charge in [0.15, 0.2) is 5.78 Å². The minimum Gasteiger partial charge on any atom is -0.497 e. The third-order valence-corrected chi connectivity index (χ3v) is 5.92. The molecule has 1 aliphatic heterocycles. The lowest BCUT2D eigenvalue weighted by atomic mass is 9.88. The molecule has 168 valence electrons. The SMILES string of the molecule is COc1ccc(C(=O)C2CCN(C(=O)CCCc3nn4c(F)ccc4c(=O)[nH]3)CC2)cc1. The van der Waals surface area contributed by atoms with E-state index < -0.39 is 11.5 Å². The van der Waals surface area contributed by atoms with Crippen molar-refractivity contribution < 1.29 is 18.7 Å². The Morgan fingerprint density at radius 3 is 2.56 bits per heavy atom. The van der Waals surface area contributed by atoms with Crippen molar-refractivity contribution in [2.24, 2.45) is 5.92 Å². The minimum atomic E-state index is -0.601. The lowest BCUT2D eigenvalue weighted by Crippen LogP contribution is -2.40. The normalized spacial score (nSPS) is 14.6. The number of fused-ring (bicyclic) bond motifs is 1. The third kappa shape index (κ3) is 4.56. The number of H-pyrrole nitrogens is 1. The van der Waals surface area contributed by atoms with Gasteiger partial charge in [-0.15, -0.1) is 0 Å².